The van der Waals surface area contributed by atoms with Crippen LogP contribution in [0.3, 0.4) is 0 Å². The van der Waals surface area contributed by atoms with Gasteiger partial charge in [-0.25, -0.2) is 0 Å². The van der Waals surface area contributed by atoms with Gasteiger partial charge in [0.2, 0.25) is 0 Å². The largest absolute Gasteiger partial charge is 0.483 e. The van der Waals surface area contributed by atoms with E-state index >= 15 is 0 Å². The van der Waals surface area contributed by atoms with Crippen molar-refractivity contribution in [3.63, 3.8) is 0 Å². The Morgan fingerprint density at radius 1 is 1.12 bits per heavy atom. The van der Waals surface area contributed by atoms with Gasteiger partial charge in [0, 0.05) is 25.3 Å². The zero-order valence-corrected chi connectivity index (χ0v) is 20.3. The zero-order chi connectivity index (χ0) is 23.8. The van der Waals surface area contributed by atoms with E-state index in [0.29, 0.717) is 5.41 Å². The summed E-state index contributed by atoms with van der Waals surface area (Å²) in [7, 11) is 0. The molecule has 3 aliphatic rings. The molecule has 2 aliphatic heterocycles. The summed E-state index contributed by atoms with van der Waals surface area (Å²) >= 11 is 6.30. The number of carboxylic acid groups (broad SMARTS) is 1. The topological polar surface area (TPSA) is 66.8 Å². The van der Waals surface area contributed by atoms with Gasteiger partial charge in [0.15, 0.2) is 0 Å². The monoisotopic (exact) mass is 471 g/mol. The lowest BCUT2D eigenvalue weighted by Gasteiger charge is -2.33. The molecule has 1 atom stereocenters. The summed E-state index contributed by atoms with van der Waals surface area (Å²) in [5, 5.41) is 7.74. The normalized spacial score (nSPS) is 20.2. The molecule has 1 amide bonds. The van der Waals surface area contributed by atoms with E-state index in [1.54, 1.807) is 0 Å². The lowest BCUT2D eigenvalue weighted by Crippen LogP contribution is -2.44. The fourth-order valence-corrected chi connectivity index (χ4v) is 4.85. The zero-order valence-electron chi connectivity index (χ0n) is 19.6. The molecule has 0 radical (unpaired) electrons. The van der Waals surface area contributed by atoms with Crippen molar-refractivity contribution in [2.24, 2.45) is 5.41 Å². The lowest BCUT2D eigenvalue weighted by molar-refractivity contribution is -0.142. The Morgan fingerprint density at radius 3 is 2.30 bits per heavy atom. The molecule has 5 nitrogen and oxygen atoms in total. The predicted octanol–water partition coefficient (Wildman–Crippen LogP) is 5.89. The molecule has 2 aromatic rings. The smallest absolute Gasteiger partial charge is 0.290 e. The Kier molecular flexibility index (Phi) is 8.93. The van der Waals surface area contributed by atoms with Gasteiger partial charge in [-0.1, -0.05) is 53.6 Å². The minimum atomic E-state index is -0.250. The number of rotatable bonds is 2. The quantitative estimate of drug-likeness (QED) is 0.554. The number of carbonyl (C=O) groups excluding carboxylic acids is 1. The summed E-state index contributed by atoms with van der Waals surface area (Å²) in [4.78, 5) is 22.4. The van der Waals surface area contributed by atoms with Gasteiger partial charge in [-0.3, -0.25) is 9.59 Å². The van der Waals surface area contributed by atoms with Gasteiger partial charge in [-0.2, -0.15) is 0 Å². The van der Waals surface area contributed by atoms with Crippen molar-refractivity contribution in [2.45, 2.75) is 58.5 Å². The predicted molar refractivity (Wildman–Crippen MR) is 132 cm³/mol. The first kappa shape index (κ1) is 25.3. The summed E-state index contributed by atoms with van der Waals surface area (Å²) in [6, 6.07) is 14.5. The number of ether oxygens (including phenoxy) is 1. The molecular weight excluding hydrogens is 438 g/mol. The summed E-state index contributed by atoms with van der Waals surface area (Å²) in [5.74, 6) is 0.253. The summed E-state index contributed by atoms with van der Waals surface area (Å²) in [5.41, 5.74) is 5.34. The molecule has 2 aromatic carbocycles. The maximum atomic E-state index is 12.0. The van der Waals surface area contributed by atoms with E-state index in [1.807, 2.05) is 30.0 Å². The van der Waals surface area contributed by atoms with Crippen LogP contribution in [0.5, 0.6) is 0 Å². The van der Waals surface area contributed by atoms with E-state index in [1.165, 1.54) is 36.8 Å². The van der Waals surface area contributed by atoms with Crippen molar-refractivity contribution in [1.82, 2.24) is 4.90 Å². The molecule has 3 fully saturated rings. The first-order valence-corrected chi connectivity index (χ1v) is 12.1. The van der Waals surface area contributed by atoms with Crippen molar-refractivity contribution in [3.05, 3.63) is 58.6 Å². The minimum Gasteiger partial charge on any atom is -0.483 e. The highest BCUT2D eigenvalue weighted by molar-refractivity contribution is 6.34. The number of nitrogens with zero attached hydrogens (tertiary/aromatic N) is 1. The van der Waals surface area contributed by atoms with Crippen LogP contribution in [0.25, 0.3) is 11.1 Å². The molecular formula is C27H34ClNO4. The highest BCUT2D eigenvalue weighted by atomic mass is 35.5. The Labute approximate surface area is 201 Å². The number of hydrogen-bond acceptors (Lipinski definition) is 3. The molecule has 0 bridgehead atoms. The molecule has 1 saturated carbocycles. The molecule has 1 N–H and O–H groups in total. The third-order valence-corrected chi connectivity index (χ3v) is 7.28. The number of benzene rings is 2. The van der Waals surface area contributed by atoms with Crippen molar-refractivity contribution in [3.8, 4) is 11.1 Å². The highest BCUT2D eigenvalue weighted by Crippen LogP contribution is 2.53. The molecule has 1 spiro atoms. The van der Waals surface area contributed by atoms with Crippen molar-refractivity contribution >= 4 is 24.0 Å². The lowest BCUT2D eigenvalue weighted by atomic mass is 9.93. The van der Waals surface area contributed by atoms with Crippen molar-refractivity contribution in [1.29, 1.82) is 0 Å². The Hall–Kier alpha value is -2.37. The van der Waals surface area contributed by atoms with Gasteiger partial charge < -0.3 is 14.7 Å². The number of amides is 1. The Balaban J connectivity index is 0.000000166. The van der Waals surface area contributed by atoms with Crippen LogP contribution in [0.15, 0.2) is 42.5 Å². The van der Waals surface area contributed by atoms with Crippen molar-refractivity contribution in [2.75, 3.05) is 19.7 Å². The van der Waals surface area contributed by atoms with Gasteiger partial charge in [0.1, 0.15) is 6.10 Å². The summed E-state index contributed by atoms with van der Waals surface area (Å²) in [6.07, 6.45) is 7.12. The third-order valence-electron chi connectivity index (χ3n) is 6.78. The first-order chi connectivity index (χ1) is 15.9. The second-order valence-electron chi connectivity index (χ2n) is 9.24. The number of piperidine rings is 1. The van der Waals surface area contributed by atoms with Gasteiger partial charge in [-0.15, -0.1) is 0 Å². The van der Waals surface area contributed by atoms with Gasteiger partial charge in [0.05, 0.1) is 5.02 Å². The fraction of sp³-hybridized carbons (Fsp3) is 0.481. The second kappa shape index (κ2) is 11.7. The SMILES string of the molecule is Cc1cc(C)c(Cl)c(-c2ccccc2)c1.O=C(C1CCCO1)N1CCC2(CC1)CC2.O=CO. The van der Waals surface area contributed by atoms with E-state index in [4.69, 9.17) is 26.2 Å². The Bertz CT molecular complexity index is 927. The average molecular weight is 472 g/mol. The van der Waals surface area contributed by atoms with E-state index in [9.17, 15) is 4.79 Å². The minimum absolute atomic E-state index is 0.113. The second-order valence-corrected chi connectivity index (χ2v) is 9.62. The summed E-state index contributed by atoms with van der Waals surface area (Å²) in [6.45, 7) is 6.60. The van der Waals surface area contributed by atoms with E-state index < -0.39 is 0 Å². The highest BCUT2D eigenvalue weighted by Gasteiger charge is 2.45. The maximum absolute atomic E-state index is 12.0. The molecule has 2 saturated heterocycles. The Morgan fingerprint density at radius 2 is 1.76 bits per heavy atom. The van der Waals surface area contributed by atoms with Gasteiger partial charge in [-0.05, 0) is 75.0 Å². The average Bonchev–Trinajstić information content (AvgIpc) is 3.34. The van der Waals surface area contributed by atoms with E-state index in [-0.39, 0.29) is 18.5 Å². The number of likely N-dealkylation sites (tertiary alicyclic amines) is 1. The van der Waals surface area contributed by atoms with Crippen LogP contribution in [0, 0.1) is 19.3 Å². The van der Waals surface area contributed by atoms with Crippen molar-refractivity contribution < 1.29 is 19.4 Å². The van der Waals surface area contributed by atoms with Gasteiger partial charge in [0.25, 0.3) is 12.4 Å². The molecule has 1 unspecified atom stereocenters. The number of halogens is 1. The molecule has 178 valence electrons. The molecule has 2 heterocycles. The third kappa shape index (κ3) is 6.81. The molecule has 6 heteroatoms. The number of aryl methyl sites for hydroxylation is 2. The molecule has 0 aromatic heterocycles. The van der Waals surface area contributed by atoms with Crippen LogP contribution >= 0.6 is 11.6 Å². The van der Waals surface area contributed by atoms with E-state index in [0.717, 1.165) is 48.7 Å². The summed E-state index contributed by atoms with van der Waals surface area (Å²) < 4.78 is 5.44. The van der Waals surface area contributed by atoms with Crippen LogP contribution in [0.2, 0.25) is 5.02 Å². The van der Waals surface area contributed by atoms with Crippen LogP contribution in [-0.4, -0.2) is 48.2 Å². The molecule has 33 heavy (non-hydrogen) atoms. The maximum Gasteiger partial charge on any atom is 0.290 e. The standard InChI is InChI=1S/C14H13Cl.C12H19NO2.CH2O2/c1-10-8-11(2)14(15)13(9-10)12-6-4-3-5-7-12;14-11(10-2-1-9-15-10)13-7-5-12(3-4-12)6-8-13;2-1-3/h3-9H,1-2H3;10H,1-9H2;1H,(H,2,3). The van der Waals surface area contributed by atoms with E-state index in [2.05, 4.69) is 31.2 Å². The first-order valence-electron chi connectivity index (χ1n) is 11.7. The fourth-order valence-electron chi connectivity index (χ4n) is 4.63. The van der Waals surface area contributed by atoms with Crippen LogP contribution < -0.4 is 0 Å². The number of hydrogen-bond donors (Lipinski definition) is 1. The van der Waals surface area contributed by atoms with Crippen LogP contribution in [-0.2, 0) is 14.3 Å². The van der Waals surface area contributed by atoms with Gasteiger partial charge >= 0.3 is 0 Å². The molecule has 1 aliphatic carbocycles. The van der Waals surface area contributed by atoms with Crippen LogP contribution in [0.1, 0.15) is 49.7 Å². The molecule has 5 rings (SSSR count). The number of carbonyl (C=O) groups is 2. The van der Waals surface area contributed by atoms with Crippen LogP contribution in [0.4, 0.5) is 0 Å².